The molecule has 1 N–H and O–H groups in total. The van der Waals surface area contributed by atoms with Crippen LogP contribution in [0.25, 0.3) is 0 Å². The summed E-state index contributed by atoms with van der Waals surface area (Å²) in [6, 6.07) is 7.89. The first-order valence-corrected chi connectivity index (χ1v) is 8.21. The summed E-state index contributed by atoms with van der Waals surface area (Å²) in [6.45, 7) is 0. The molecular formula is C19H20N4O4. The summed E-state index contributed by atoms with van der Waals surface area (Å²) >= 11 is 0. The third-order valence-corrected chi connectivity index (χ3v) is 4.14. The molecule has 0 bridgehead atoms. The molecule has 1 atom stereocenters. The second-order valence-corrected chi connectivity index (χ2v) is 5.90. The van der Waals surface area contributed by atoms with Crippen LogP contribution in [0.15, 0.2) is 55.1 Å². The summed E-state index contributed by atoms with van der Waals surface area (Å²) in [7, 11) is 4.96. The van der Waals surface area contributed by atoms with E-state index < -0.39 is 11.9 Å². The number of benzene rings is 1. The van der Waals surface area contributed by atoms with E-state index in [0.717, 1.165) is 5.56 Å². The number of ether oxygens (including phenoxy) is 2. The van der Waals surface area contributed by atoms with E-state index in [2.05, 4.69) is 10.3 Å². The third-order valence-electron chi connectivity index (χ3n) is 4.14. The number of imidazole rings is 1. The van der Waals surface area contributed by atoms with Gasteiger partial charge in [0.05, 0.1) is 14.2 Å². The van der Waals surface area contributed by atoms with Crippen molar-refractivity contribution in [3.63, 3.8) is 0 Å². The molecule has 2 heterocycles. The van der Waals surface area contributed by atoms with Gasteiger partial charge in [0, 0.05) is 31.6 Å². The summed E-state index contributed by atoms with van der Waals surface area (Å²) in [5.74, 6) is 1.42. The lowest BCUT2D eigenvalue weighted by Gasteiger charge is -2.20. The highest BCUT2D eigenvalue weighted by Crippen LogP contribution is 2.29. The molecule has 0 radical (unpaired) electrons. The fourth-order valence-corrected chi connectivity index (χ4v) is 2.75. The van der Waals surface area contributed by atoms with Crippen LogP contribution in [0.3, 0.4) is 0 Å². The lowest BCUT2D eigenvalue weighted by atomic mass is 10.0. The van der Waals surface area contributed by atoms with Crippen LogP contribution in [-0.2, 0) is 7.05 Å². The molecular weight excluding hydrogens is 348 g/mol. The Bertz CT molecular complexity index is 932. The van der Waals surface area contributed by atoms with E-state index in [0.29, 0.717) is 22.1 Å². The summed E-state index contributed by atoms with van der Waals surface area (Å²) in [6.07, 6.45) is 5.98. The highest BCUT2D eigenvalue weighted by atomic mass is 16.5. The van der Waals surface area contributed by atoms with Crippen LogP contribution in [0.2, 0.25) is 0 Å². The topological polar surface area (TPSA) is 92.3 Å². The van der Waals surface area contributed by atoms with Crippen molar-refractivity contribution in [1.82, 2.24) is 14.9 Å². The van der Waals surface area contributed by atoms with E-state index in [1.54, 1.807) is 50.9 Å². The van der Waals surface area contributed by atoms with Crippen molar-refractivity contribution in [1.29, 1.82) is 0 Å². The lowest BCUT2D eigenvalue weighted by Crippen LogP contribution is -2.33. The first-order chi connectivity index (χ1) is 13.0. The van der Waals surface area contributed by atoms with Gasteiger partial charge in [-0.25, -0.2) is 4.98 Å². The molecule has 0 aliphatic rings. The molecule has 0 saturated heterocycles. The highest BCUT2D eigenvalue weighted by Gasteiger charge is 2.23. The van der Waals surface area contributed by atoms with Gasteiger partial charge < -0.3 is 24.6 Å². The van der Waals surface area contributed by atoms with Gasteiger partial charge in [0.25, 0.3) is 5.91 Å². The molecule has 8 nitrogen and oxygen atoms in total. The average molecular weight is 368 g/mol. The van der Waals surface area contributed by atoms with Crippen LogP contribution in [0.1, 0.15) is 27.8 Å². The first kappa shape index (κ1) is 18.2. The monoisotopic (exact) mass is 368 g/mol. The summed E-state index contributed by atoms with van der Waals surface area (Å²) in [5, 5.41) is 14.4. The predicted octanol–water partition coefficient (Wildman–Crippen LogP) is 1.59. The number of aromatic nitrogens is 3. The van der Waals surface area contributed by atoms with Crippen LogP contribution in [-0.4, -0.2) is 29.7 Å². The molecule has 1 unspecified atom stereocenters. The second-order valence-electron chi connectivity index (χ2n) is 5.90. The normalized spacial score (nSPS) is 11.7. The molecule has 0 aliphatic heterocycles. The minimum absolute atomic E-state index is 0.251. The van der Waals surface area contributed by atoms with Crippen molar-refractivity contribution < 1.29 is 19.0 Å². The van der Waals surface area contributed by atoms with Gasteiger partial charge in [-0.2, -0.15) is 4.73 Å². The minimum atomic E-state index is -0.568. The van der Waals surface area contributed by atoms with Crippen molar-refractivity contribution in [2.75, 3.05) is 14.2 Å². The van der Waals surface area contributed by atoms with E-state index in [9.17, 15) is 10.0 Å². The maximum absolute atomic E-state index is 12.7. The smallest absolute Gasteiger partial charge is 0.258 e. The summed E-state index contributed by atoms with van der Waals surface area (Å²) in [5.41, 5.74) is 0.987. The first-order valence-electron chi connectivity index (χ1n) is 8.21. The van der Waals surface area contributed by atoms with Crippen LogP contribution >= 0.6 is 0 Å². The number of hydrogen-bond acceptors (Lipinski definition) is 5. The number of rotatable bonds is 6. The number of nitrogens with one attached hydrogen (secondary N) is 1. The molecule has 0 spiro atoms. The van der Waals surface area contributed by atoms with Crippen molar-refractivity contribution in [3.05, 3.63) is 77.3 Å². The van der Waals surface area contributed by atoms with Gasteiger partial charge in [0.2, 0.25) is 0 Å². The van der Waals surface area contributed by atoms with Gasteiger partial charge in [-0.05, 0) is 23.8 Å². The van der Waals surface area contributed by atoms with Crippen LogP contribution in [0.4, 0.5) is 0 Å². The zero-order valence-electron chi connectivity index (χ0n) is 15.2. The van der Waals surface area contributed by atoms with E-state index in [4.69, 9.17) is 9.47 Å². The van der Waals surface area contributed by atoms with E-state index in [1.807, 2.05) is 11.6 Å². The Labute approximate surface area is 156 Å². The molecule has 3 aromatic rings. The molecule has 0 aliphatic carbocycles. The van der Waals surface area contributed by atoms with E-state index >= 15 is 0 Å². The number of carbonyl (C=O) groups excluding carboxylic acids is 1. The molecule has 2 aromatic heterocycles. The number of pyridine rings is 1. The van der Waals surface area contributed by atoms with Gasteiger partial charge in [-0.3, -0.25) is 4.79 Å². The fourth-order valence-electron chi connectivity index (χ4n) is 2.75. The number of hydrogen-bond donors (Lipinski definition) is 1. The number of amides is 1. The summed E-state index contributed by atoms with van der Waals surface area (Å²) < 4.78 is 13.1. The Kier molecular flexibility index (Phi) is 5.25. The van der Waals surface area contributed by atoms with Crippen LogP contribution in [0, 0.1) is 5.21 Å². The minimum Gasteiger partial charge on any atom is -0.619 e. The van der Waals surface area contributed by atoms with Gasteiger partial charge in [-0.1, -0.05) is 0 Å². The lowest BCUT2D eigenvalue weighted by molar-refractivity contribution is -0.605. The van der Waals surface area contributed by atoms with Crippen LogP contribution < -0.4 is 19.5 Å². The zero-order chi connectivity index (χ0) is 19.4. The Morgan fingerprint density at radius 3 is 2.52 bits per heavy atom. The average Bonchev–Trinajstić information content (AvgIpc) is 3.11. The number of nitrogens with zero attached hydrogens (tertiary/aromatic N) is 3. The third kappa shape index (κ3) is 4.00. The van der Waals surface area contributed by atoms with Gasteiger partial charge >= 0.3 is 0 Å². The maximum Gasteiger partial charge on any atom is 0.258 e. The summed E-state index contributed by atoms with van der Waals surface area (Å²) in [4.78, 5) is 17.1. The Morgan fingerprint density at radius 1 is 1.26 bits per heavy atom. The molecule has 1 aromatic carbocycles. The number of methoxy groups -OCH3 is 2. The van der Waals surface area contributed by atoms with Gasteiger partial charge in [0.1, 0.15) is 28.9 Å². The van der Waals surface area contributed by atoms with Crippen molar-refractivity contribution >= 4 is 5.91 Å². The molecule has 8 heteroatoms. The number of carbonyl (C=O) groups is 1. The zero-order valence-corrected chi connectivity index (χ0v) is 15.2. The molecule has 3 rings (SSSR count). The largest absolute Gasteiger partial charge is 0.619 e. The Hall–Kier alpha value is -3.55. The van der Waals surface area contributed by atoms with Gasteiger partial charge in [-0.15, -0.1) is 0 Å². The van der Waals surface area contributed by atoms with Crippen molar-refractivity contribution in [2.45, 2.75) is 6.04 Å². The quantitative estimate of drug-likeness (QED) is 0.527. The van der Waals surface area contributed by atoms with Gasteiger partial charge in [0.15, 0.2) is 12.4 Å². The van der Waals surface area contributed by atoms with Crippen LogP contribution in [0.5, 0.6) is 11.5 Å². The maximum atomic E-state index is 12.7. The highest BCUT2D eigenvalue weighted by molar-refractivity contribution is 5.94. The molecule has 1 amide bonds. The SMILES string of the molecule is COc1cc(OC)cc(C(NC(=O)c2ccc[n+]([O-])c2)c2nccn2C)c1. The Morgan fingerprint density at radius 2 is 1.96 bits per heavy atom. The predicted molar refractivity (Wildman–Crippen MR) is 97.5 cm³/mol. The second kappa shape index (κ2) is 7.77. The molecule has 27 heavy (non-hydrogen) atoms. The van der Waals surface area contributed by atoms with Crippen molar-refractivity contribution in [3.8, 4) is 11.5 Å². The van der Waals surface area contributed by atoms with Crippen molar-refractivity contribution in [2.24, 2.45) is 7.05 Å². The number of aryl methyl sites for hydroxylation is 1. The fraction of sp³-hybridized carbons (Fsp3) is 0.211. The molecule has 0 fully saturated rings. The molecule has 0 saturated carbocycles. The Balaban J connectivity index is 2.02. The van der Waals surface area contributed by atoms with E-state index in [-0.39, 0.29) is 5.56 Å². The van der Waals surface area contributed by atoms with E-state index in [1.165, 1.54) is 18.5 Å². The standard InChI is InChI=1S/C19H20N4O4/c1-22-8-6-20-18(22)17(14-9-15(26-2)11-16(10-14)27-3)21-19(24)13-5-4-7-23(25)12-13/h4-12,17H,1-3H3,(H,21,24). The molecule has 140 valence electrons.